The number of phenols is 1. The third-order valence-corrected chi connectivity index (χ3v) is 3.28. The van der Waals surface area contributed by atoms with Crippen molar-refractivity contribution >= 4 is 18.9 Å². The normalized spacial score (nSPS) is 12.4. The van der Waals surface area contributed by atoms with Crippen molar-refractivity contribution in [3.05, 3.63) is 28.8 Å². The molecule has 0 aliphatic rings. The number of hydrogen-bond donors (Lipinski definition) is 1. The molecule has 1 aromatic rings. The maximum atomic E-state index is 10.6. The fraction of sp³-hybridized carbons (Fsp3) is 0.647. The van der Waals surface area contributed by atoms with Gasteiger partial charge in [0.1, 0.15) is 5.75 Å². The van der Waals surface area contributed by atoms with Crippen molar-refractivity contribution in [2.75, 3.05) is 14.1 Å². The van der Waals surface area contributed by atoms with Gasteiger partial charge in [0.15, 0.2) is 0 Å². The van der Waals surface area contributed by atoms with Crippen LogP contribution in [0.25, 0.3) is 0 Å². The topological polar surface area (TPSA) is 23.5 Å². The van der Waals surface area contributed by atoms with Crippen LogP contribution in [0.4, 0.5) is 0 Å². The Morgan fingerprint density at radius 2 is 1.25 bits per heavy atom. The number of rotatable bonds is 2. The van der Waals surface area contributed by atoms with E-state index in [0.29, 0.717) is 5.75 Å². The van der Waals surface area contributed by atoms with Gasteiger partial charge in [0.25, 0.3) is 0 Å². The Kier molecular flexibility index (Phi) is 6.42. The first-order chi connectivity index (χ1) is 8.43. The summed E-state index contributed by atoms with van der Waals surface area (Å²) in [6.45, 7) is 13.8. The second-order valence-corrected chi connectivity index (χ2v) is 7.78. The van der Waals surface area contributed by atoms with Gasteiger partial charge in [0.2, 0.25) is 0 Å². The third kappa shape index (κ3) is 4.84. The van der Waals surface area contributed by atoms with Crippen LogP contribution in [0.3, 0.4) is 0 Å². The molecule has 1 N–H and O–H groups in total. The van der Waals surface area contributed by atoms with Crippen molar-refractivity contribution in [1.29, 1.82) is 0 Å². The average Bonchev–Trinajstić information content (AvgIpc) is 2.16. The molecule has 0 aliphatic carbocycles. The van der Waals surface area contributed by atoms with Crippen molar-refractivity contribution in [3.63, 3.8) is 0 Å². The molecule has 0 saturated heterocycles. The Balaban J connectivity index is 0.00000361. The van der Waals surface area contributed by atoms with Crippen LogP contribution in [0, 0.1) is 0 Å². The fourth-order valence-electron chi connectivity index (χ4n) is 2.29. The number of nitrogens with zero attached hydrogens (tertiary/aromatic N) is 1. The Bertz CT molecular complexity index is 418. The van der Waals surface area contributed by atoms with Gasteiger partial charge in [-0.25, -0.2) is 0 Å². The summed E-state index contributed by atoms with van der Waals surface area (Å²) in [5, 5.41) is 10.6. The van der Waals surface area contributed by atoms with Crippen LogP contribution in [0.5, 0.6) is 5.75 Å². The molecule has 0 radical (unpaired) electrons. The van der Waals surface area contributed by atoms with Gasteiger partial charge in [-0.1, -0.05) is 53.7 Å². The number of aromatic hydroxyl groups is 1. The Hall–Kier alpha value is -0.423. The van der Waals surface area contributed by atoms with Gasteiger partial charge in [-0.3, -0.25) is 0 Å². The van der Waals surface area contributed by atoms with E-state index in [0.717, 1.165) is 17.7 Å². The molecular weight excluding hydrogens is 241 g/mol. The van der Waals surface area contributed by atoms with E-state index < -0.39 is 0 Å². The summed E-state index contributed by atoms with van der Waals surface area (Å²) in [6.07, 6.45) is 0. The summed E-state index contributed by atoms with van der Waals surface area (Å²) in [5.41, 5.74) is 3.24. The van der Waals surface area contributed by atoms with Crippen LogP contribution in [0.2, 0.25) is 0 Å². The Labute approximate surface area is 136 Å². The summed E-state index contributed by atoms with van der Waals surface area (Å²) >= 11 is 0. The first-order valence-electron chi connectivity index (χ1n) is 6.94. The SMILES string of the molecule is CN(C)Cc1cc(C(C)(C)C)c(O)c(C(C)(C)C)c1.[LiH]. The molecule has 20 heavy (non-hydrogen) atoms. The van der Waals surface area contributed by atoms with Crippen LogP contribution in [0.1, 0.15) is 58.2 Å². The summed E-state index contributed by atoms with van der Waals surface area (Å²) in [4.78, 5) is 2.16. The van der Waals surface area contributed by atoms with E-state index in [-0.39, 0.29) is 29.7 Å². The quantitative estimate of drug-likeness (QED) is 0.833. The molecule has 0 aliphatic heterocycles. The van der Waals surface area contributed by atoms with E-state index in [9.17, 15) is 5.11 Å². The van der Waals surface area contributed by atoms with Crippen molar-refractivity contribution in [1.82, 2.24) is 4.90 Å². The zero-order chi connectivity index (χ0) is 15.0. The van der Waals surface area contributed by atoms with E-state index in [4.69, 9.17) is 0 Å². The van der Waals surface area contributed by atoms with Crippen molar-refractivity contribution in [3.8, 4) is 5.75 Å². The molecule has 2 nitrogen and oxygen atoms in total. The standard InChI is InChI=1S/C17H29NO.Li.H/c1-16(2,3)13-9-12(11-18(7)8)10-14(15(13)19)17(4,5)6;;/h9-10,19H,11H2,1-8H3;;. The van der Waals surface area contributed by atoms with E-state index in [1.54, 1.807) is 0 Å². The summed E-state index contributed by atoms with van der Waals surface area (Å²) in [6, 6.07) is 4.29. The molecule has 0 aromatic heterocycles. The molecule has 0 unspecified atom stereocenters. The molecule has 0 fully saturated rings. The Morgan fingerprint density at radius 1 is 0.900 bits per heavy atom. The van der Waals surface area contributed by atoms with Gasteiger partial charge in [-0.2, -0.15) is 0 Å². The van der Waals surface area contributed by atoms with Crippen LogP contribution in [-0.2, 0) is 17.4 Å². The molecule has 0 atom stereocenters. The molecule has 110 valence electrons. The predicted octanol–water partition coefficient (Wildman–Crippen LogP) is 3.40. The van der Waals surface area contributed by atoms with E-state index in [1.807, 2.05) is 0 Å². The average molecular weight is 271 g/mol. The van der Waals surface area contributed by atoms with Crippen LogP contribution >= 0.6 is 0 Å². The number of phenolic OH excluding ortho intramolecular Hbond substituents is 1. The molecule has 0 spiro atoms. The molecule has 1 aromatic carbocycles. The minimum atomic E-state index is -0.0492. The molecule has 1 rings (SSSR count). The molecule has 0 saturated carbocycles. The van der Waals surface area contributed by atoms with Gasteiger partial charge in [0.05, 0.1) is 0 Å². The van der Waals surface area contributed by atoms with Gasteiger partial charge < -0.3 is 10.0 Å². The molecular formula is C17H30LiNO. The second kappa shape index (κ2) is 6.56. The molecule has 3 heteroatoms. The summed E-state index contributed by atoms with van der Waals surface area (Å²) < 4.78 is 0. The minimum absolute atomic E-state index is 0. The zero-order valence-electron chi connectivity index (χ0n) is 13.8. The van der Waals surface area contributed by atoms with Crippen molar-refractivity contribution in [2.45, 2.75) is 58.9 Å². The predicted molar refractivity (Wildman–Crippen MR) is 90.0 cm³/mol. The summed E-state index contributed by atoms with van der Waals surface area (Å²) in [5.74, 6) is 0.461. The number of hydrogen-bond acceptors (Lipinski definition) is 2. The molecule has 0 heterocycles. The van der Waals surface area contributed by atoms with Crippen LogP contribution < -0.4 is 0 Å². The Morgan fingerprint density at radius 3 is 1.50 bits per heavy atom. The van der Waals surface area contributed by atoms with Crippen molar-refractivity contribution < 1.29 is 5.11 Å². The van der Waals surface area contributed by atoms with Gasteiger partial charge in [-0.15, -0.1) is 0 Å². The first kappa shape index (κ1) is 19.6. The van der Waals surface area contributed by atoms with Crippen LogP contribution in [-0.4, -0.2) is 43.0 Å². The second-order valence-electron chi connectivity index (χ2n) is 7.78. The zero-order valence-corrected chi connectivity index (χ0v) is 13.8. The van der Waals surface area contributed by atoms with Gasteiger partial charge in [-0.05, 0) is 41.6 Å². The van der Waals surface area contributed by atoms with Gasteiger partial charge in [0, 0.05) is 6.54 Å². The third-order valence-electron chi connectivity index (χ3n) is 3.28. The van der Waals surface area contributed by atoms with E-state index >= 15 is 0 Å². The maximum absolute atomic E-state index is 10.6. The molecule has 0 bridgehead atoms. The van der Waals surface area contributed by atoms with Gasteiger partial charge >= 0.3 is 18.9 Å². The van der Waals surface area contributed by atoms with Crippen molar-refractivity contribution in [2.24, 2.45) is 0 Å². The molecule has 0 amide bonds. The monoisotopic (exact) mass is 271 g/mol. The number of benzene rings is 1. The van der Waals surface area contributed by atoms with E-state index in [1.165, 1.54) is 5.56 Å². The van der Waals surface area contributed by atoms with E-state index in [2.05, 4.69) is 72.7 Å². The fourth-order valence-corrected chi connectivity index (χ4v) is 2.29. The summed E-state index contributed by atoms with van der Waals surface area (Å²) in [7, 11) is 4.14. The first-order valence-corrected chi connectivity index (χ1v) is 6.94. The van der Waals surface area contributed by atoms with Crippen LogP contribution in [0.15, 0.2) is 12.1 Å².